The lowest BCUT2D eigenvalue weighted by Gasteiger charge is -2.16. The van der Waals surface area contributed by atoms with Crippen molar-refractivity contribution in [2.45, 2.75) is 25.3 Å². The molecule has 2 unspecified atom stereocenters. The summed E-state index contributed by atoms with van der Waals surface area (Å²) in [5, 5.41) is 11.9. The van der Waals surface area contributed by atoms with E-state index < -0.39 is 17.7 Å². The van der Waals surface area contributed by atoms with E-state index in [-0.39, 0.29) is 17.5 Å². The lowest BCUT2D eigenvalue weighted by Crippen LogP contribution is -2.22. The third-order valence-electron chi connectivity index (χ3n) is 3.40. The van der Waals surface area contributed by atoms with Crippen LogP contribution in [-0.4, -0.2) is 23.0 Å². The summed E-state index contributed by atoms with van der Waals surface area (Å²) in [6.45, 7) is 0. The quantitative estimate of drug-likeness (QED) is 0.771. The predicted molar refractivity (Wildman–Crippen MR) is 67.3 cm³/mol. The lowest BCUT2D eigenvalue weighted by atomic mass is 10.1. The van der Waals surface area contributed by atoms with Gasteiger partial charge in [0.05, 0.1) is 17.2 Å². The lowest BCUT2D eigenvalue weighted by molar-refractivity contribution is -0.141. The molecule has 1 amide bonds. The van der Waals surface area contributed by atoms with E-state index >= 15 is 0 Å². The number of anilines is 1. The monoisotopic (exact) mass is 266 g/mol. The van der Waals surface area contributed by atoms with E-state index in [2.05, 4.69) is 5.32 Å². The fraction of sp³-hybridized carbons (Fsp3) is 0.385. The number of amides is 1. The van der Waals surface area contributed by atoms with E-state index in [1.807, 2.05) is 0 Å². The maximum absolute atomic E-state index is 13.5. The molecule has 0 heterocycles. The molecule has 0 aliphatic heterocycles. The highest BCUT2D eigenvalue weighted by molar-refractivity contribution is 5.98. The molecule has 0 radical (unpaired) electrons. The second kappa shape index (κ2) is 5.26. The molecule has 19 heavy (non-hydrogen) atoms. The van der Waals surface area contributed by atoms with Crippen LogP contribution in [0, 0.1) is 11.7 Å². The number of benzene rings is 1. The van der Waals surface area contributed by atoms with Gasteiger partial charge in [0, 0.05) is 6.04 Å². The van der Waals surface area contributed by atoms with Crippen LogP contribution >= 0.6 is 0 Å². The zero-order valence-electron chi connectivity index (χ0n) is 10.2. The molecule has 2 atom stereocenters. The van der Waals surface area contributed by atoms with Crippen molar-refractivity contribution < 1.29 is 19.1 Å². The highest BCUT2D eigenvalue weighted by atomic mass is 19.1. The summed E-state index contributed by atoms with van der Waals surface area (Å²) >= 11 is 0. The number of aliphatic carboxylic acids is 1. The molecule has 4 N–H and O–H groups in total. The second-order valence-corrected chi connectivity index (χ2v) is 4.72. The van der Waals surface area contributed by atoms with Crippen molar-refractivity contribution in [3.63, 3.8) is 0 Å². The van der Waals surface area contributed by atoms with E-state index in [0.29, 0.717) is 24.9 Å². The topological polar surface area (TPSA) is 92.4 Å². The number of carbonyl (C=O) groups is 2. The van der Waals surface area contributed by atoms with Crippen LogP contribution in [0.5, 0.6) is 0 Å². The minimum Gasteiger partial charge on any atom is -0.481 e. The predicted octanol–water partition coefficient (Wildman–Crippen LogP) is 1.59. The second-order valence-electron chi connectivity index (χ2n) is 4.72. The van der Waals surface area contributed by atoms with Gasteiger partial charge in [-0.25, -0.2) is 4.39 Å². The third kappa shape index (κ3) is 2.83. The number of nitrogens with two attached hydrogens (primary N) is 1. The van der Waals surface area contributed by atoms with Crippen LogP contribution in [0.4, 0.5) is 10.1 Å². The first kappa shape index (κ1) is 13.3. The van der Waals surface area contributed by atoms with Gasteiger partial charge in [-0.1, -0.05) is 6.07 Å². The van der Waals surface area contributed by atoms with Gasteiger partial charge in [0.1, 0.15) is 5.82 Å². The van der Waals surface area contributed by atoms with E-state index in [0.717, 1.165) is 0 Å². The molecule has 1 aromatic rings. The van der Waals surface area contributed by atoms with Crippen molar-refractivity contribution in [1.29, 1.82) is 0 Å². The smallest absolute Gasteiger partial charge is 0.306 e. The van der Waals surface area contributed by atoms with E-state index in [9.17, 15) is 14.0 Å². The number of carboxylic acid groups (broad SMARTS) is 1. The molecule has 0 spiro atoms. The Kier molecular flexibility index (Phi) is 3.69. The Hall–Kier alpha value is -2.11. The molecule has 5 nitrogen and oxygen atoms in total. The Bertz CT molecular complexity index is 519. The Morgan fingerprint density at radius 3 is 2.68 bits per heavy atom. The number of primary amides is 1. The molecule has 1 saturated carbocycles. The van der Waals surface area contributed by atoms with E-state index in [1.54, 1.807) is 6.07 Å². The van der Waals surface area contributed by atoms with Crippen LogP contribution in [0.15, 0.2) is 18.2 Å². The van der Waals surface area contributed by atoms with Crippen LogP contribution in [0.2, 0.25) is 0 Å². The minimum atomic E-state index is -0.839. The van der Waals surface area contributed by atoms with Crippen molar-refractivity contribution in [2.75, 3.05) is 5.32 Å². The Labute approximate surface area is 109 Å². The van der Waals surface area contributed by atoms with Crippen molar-refractivity contribution in [1.82, 2.24) is 0 Å². The number of rotatable bonds is 4. The van der Waals surface area contributed by atoms with Crippen LogP contribution in [-0.2, 0) is 4.79 Å². The molecule has 0 bridgehead atoms. The number of hydrogen-bond acceptors (Lipinski definition) is 3. The highest BCUT2D eigenvalue weighted by Gasteiger charge is 2.30. The number of halogens is 1. The van der Waals surface area contributed by atoms with Gasteiger partial charge in [-0.3, -0.25) is 9.59 Å². The zero-order valence-corrected chi connectivity index (χ0v) is 10.2. The first-order chi connectivity index (χ1) is 8.99. The summed E-state index contributed by atoms with van der Waals surface area (Å²) in [5.74, 6) is -2.72. The number of nitrogens with one attached hydrogen (secondary N) is 1. The summed E-state index contributed by atoms with van der Waals surface area (Å²) in [5.41, 5.74) is 5.30. The van der Waals surface area contributed by atoms with Gasteiger partial charge in [-0.05, 0) is 31.4 Å². The van der Waals surface area contributed by atoms with Crippen LogP contribution < -0.4 is 11.1 Å². The first-order valence-corrected chi connectivity index (χ1v) is 6.06. The molecule has 6 heteroatoms. The first-order valence-electron chi connectivity index (χ1n) is 6.06. The maximum atomic E-state index is 13.5. The van der Waals surface area contributed by atoms with Gasteiger partial charge in [0.15, 0.2) is 0 Å². The summed E-state index contributed by atoms with van der Waals surface area (Å²) < 4.78 is 13.5. The molecule has 0 saturated heterocycles. The SMILES string of the molecule is NC(=O)c1c(F)cccc1NC1CCC(C(=O)O)C1. The van der Waals surface area contributed by atoms with E-state index in [1.165, 1.54) is 12.1 Å². The number of carbonyl (C=O) groups excluding carboxylic acids is 1. The van der Waals surface area contributed by atoms with Gasteiger partial charge >= 0.3 is 5.97 Å². The van der Waals surface area contributed by atoms with Crippen molar-refractivity contribution in [2.24, 2.45) is 11.7 Å². The van der Waals surface area contributed by atoms with Crippen molar-refractivity contribution >= 4 is 17.6 Å². The van der Waals surface area contributed by atoms with Crippen molar-refractivity contribution in [3.05, 3.63) is 29.6 Å². The van der Waals surface area contributed by atoms with Crippen LogP contribution in [0.3, 0.4) is 0 Å². The average molecular weight is 266 g/mol. The van der Waals surface area contributed by atoms with Gasteiger partial charge in [0.2, 0.25) is 0 Å². The van der Waals surface area contributed by atoms with Gasteiger partial charge in [-0.15, -0.1) is 0 Å². The molecule has 1 fully saturated rings. The fourth-order valence-electron chi connectivity index (χ4n) is 2.45. The highest BCUT2D eigenvalue weighted by Crippen LogP contribution is 2.29. The molecular weight excluding hydrogens is 251 g/mol. The molecule has 2 rings (SSSR count). The summed E-state index contributed by atoms with van der Waals surface area (Å²) in [7, 11) is 0. The largest absolute Gasteiger partial charge is 0.481 e. The van der Waals surface area contributed by atoms with Crippen LogP contribution in [0.1, 0.15) is 29.6 Å². The van der Waals surface area contributed by atoms with Gasteiger partial charge < -0.3 is 16.2 Å². The molecular formula is C13H15FN2O3. The van der Waals surface area contributed by atoms with Gasteiger partial charge in [-0.2, -0.15) is 0 Å². The zero-order chi connectivity index (χ0) is 14.0. The maximum Gasteiger partial charge on any atom is 0.306 e. The minimum absolute atomic E-state index is 0.0824. The molecule has 1 aromatic carbocycles. The summed E-state index contributed by atoms with van der Waals surface area (Å²) in [6, 6.07) is 4.13. The third-order valence-corrected chi connectivity index (χ3v) is 3.40. The van der Waals surface area contributed by atoms with Crippen LogP contribution in [0.25, 0.3) is 0 Å². The number of carboxylic acids is 1. The molecule has 1 aliphatic carbocycles. The summed E-state index contributed by atoms with van der Waals surface area (Å²) in [6.07, 6.45) is 1.71. The number of hydrogen-bond donors (Lipinski definition) is 3. The standard InChI is InChI=1S/C13H15FN2O3/c14-9-2-1-3-10(11(9)12(15)17)16-8-5-4-7(6-8)13(18)19/h1-3,7-8,16H,4-6H2,(H2,15,17)(H,18,19). The Balaban J connectivity index is 2.14. The Morgan fingerprint density at radius 1 is 1.37 bits per heavy atom. The van der Waals surface area contributed by atoms with E-state index in [4.69, 9.17) is 10.8 Å². The normalized spacial score (nSPS) is 22.2. The Morgan fingerprint density at radius 2 is 2.11 bits per heavy atom. The van der Waals surface area contributed by atoms with Gasteiger partial charge in [0.25, 0.3) is 5.91 Å². The van der Waals surface area contributed by atoms with Crippen molar-refractivity contribution in [3.8, 4) is 0 Å². The molecule has 1 aliphatic rings. The molecule has 0 aromatic heterocycles. The fourth-order valence-corrected chi connectivity index (χ4v) is 2.45. The average Bonchev–Trinajstić information content (AvgIpc) is 2.77. The summed E-state index contributed by atoms with van der Waals surface area (Å²) in [4.78, 5) is 22.1. The molecule has 102 valence electrons.